The van der Waals surface area contributed by atoms with Crippen molar-refractivity contribution in [1.29, 1.82) is 0 Å². The Morgan fingerprint density at radius 2 is 1.63 bits per heavy atom. The molecule has 0 saturated carbocycles. The van der Waals surface area contributed by atoms with Crippen molar-refractivity contribution in [3.8, 4) is 16.9 Å². The van der Waals surface area contributed by atoms with Gasteiger partial charge in [-0.25, -0.2) is 0 Å². The molecule has 0 heterocycles. The fourth-order valence-corrected chi connectivity index (χ4v) is 2.31. The molecule has 1 N–H and O–H groups in total. The van der Waals surface area contributed by atoms with Gasteiger partial charge in [0.1, 0.15) is 5.75 Å². The van der Waals surface area contributed by atoms with Crippen LogP contribution >= 0.6 is 0 Å². The molecule has 0 aliphatic rings. The molecule has 92 valence electrons. The lowest BCUT2D eigenvalue weighted by Crippen LogP contribution is -1.99. The van der Waals surface area contributed by atoms with Crippen molar-refractivity contribution in [2.24, 2.45) is 0 Å². The smallest absolute Gasteiger partial charge is 0.504 e. The molecule has 19 heavy (non-hydrogen) atoms. The quantitative estimate of drug-likeness (QED) is 0.721. The molecule has 0 spiro atoms. The Labute approximate surface area is 112 Å². The minimum atomic E-state index is -0.307. The highest BCUT2D eigenvalue weighted by Gasteiger charge is 2.04. The summed E-state index contributed by atoms with van der Waals surface area (Å²) in [6, 6.07) is 22.3. The molecule has 3 heteroatoms. The van der Waals surface area contributed by atoms with Crippen LogP contribution in [0.15, 0.2) is 66.7 Å². The molecule has 0 radical (unpaired) electrons. The standard InChI is InChI=1S/C16H13BO2/c18-17-19-14-8-3-7-13(11-14)16-10-4-6-12-5-1-2-9-15(12)16/h1-11,17-18H. The number of hydrogen-bond acceptors (Lipinski definition) is 2. The maximum atomic E-state index is 8.83. The van der Waals surface area contributed by atoms with Gasteiger partial charge in [0.05, 0.1) is 0 Å². The molecule has 0 unspecified atom stereocenters. The van der Waals surface area contributed by atoms with E-state index in [-0.39, 0.29) is 7.69 Å². The first kappa shape index (κ1) is 11.8. The summed E-state index contributed by atoms with van der Waals surface area (Å²) >= 11 is 0. The van der Waals surface area contributed by atoms with Crippen molar-refractivity contribution in [3.63, 3.8) is 0 Å². The first-order valence-corrected chi connectivity index (χ1v) is 6.20. The van der Waals surface area contributed by atoms with Crippen molar-refractivity contribution < 1.29 is 9.68 Å². The maximum absolute atomic E-state index is 8.83. The van der Waals surface area contributed by atoms with E-state index < -0.39 is 0 Å². The lowest BCUT2D eigenvalue weighted by Gasteiger charge is -2.09. The molecular formula is C16H13BO2. The van der Waals surface area contributed by atoms with Crippen molar-refractivity contribution in [3.05, 3.63) is 66.7 Å². The molecule has 0 bridgehead atoms. The fraction of sp³-hybridized carbons (Fsp3) is 0. The van der Waals surface area contributed by atoms with Crippen LogP contribution in [-0.2, 0) is 0 Å². The van der Waals surface area contributed by atoms with Gasteiger partial charge < -0.3 is 9.68 Å². The van der Waals surface area contributed by atoms with E-state index in [1.807, 2.05) is 36.4 Å². The maximum Gasteiger partial charge on any atom is 0.504 e. The summed E-state index contributed by atoms with van der Waals surface area (Å²) in [4.78, 5) is 0. The predicted molar refractivity (Wildman–Crippen MR) is 79.4 cm³/mol. The van der Waals surface area contributed by atoms with Gasteiger partial charge in [0.2, 0.25) is 0 Å². The van der Waals surface area contributed by atoms with Crippen molar-refractivity contribution in [2.45, 2.75) is 0 Å². The second-order valence-electron chi connectivity index (χ2n) is 4.33. The Balaban J connectivity index is 2.16. The van der Waals surface area contributed by atoms with Crippen LogP contribution in [0, 0.1) is 0 Å². The van der Waals surface area contributed by atoms with Crippen LogP contribution < -0.4 is 4.65 Å². The summed E-state index contributed by atoms with van der Waals surface area (Å²) in [5.74, 6) is 0.674. The average molecular weight is 248 g/mol. The number of fused-ring (bicyclic) bond motifs is 1. The molecule has 0 atom stereocenters. The van der Waals surface area contributed by atoms with E-state index in [4.69, 9.17) is 9.68 Å². The topological polar surface area (TPSA) is 29.5 Å². The first-order valence-electron chi connectivity index (χ1n) is 6.20. The minimum Gasteiger partial charge on any atom is -0.539 e. The zero-order valence-corrected chi connectivity index (χ0v) is 10.4. The second-order valence-corrected chi connectivity index (χ2v) is 4.33. The van der Waals surface area contributed by atoms with Crippen molar-refractivity contribution in [2.75, 3.05) is 0 Å². The molecule has 2 nitrogen and oxygen atoms in total. The van der Waals surface area contributed by atoms with Crippen LogP contribution in [-0.4, -0.2) is 12.7 Å². The van der Waals surface area contributed by atoms with Crippen LogP contribution in [0.5, 0.6) is 5.75 Å². The summed E-state index contributed by atoms with van der Waals surface area (Å²) in [7, 11) is -0.307. The van der Waals surface area contributed by atoms with Crippen LogP contribution in [0.4, 0.5) is 0 Å². The SMILES string of the molecule is OBOc1cccc(-c2cccc3ccccc23)c1. The summed E-state index contributed by atoms with van der Waals surface area (Å²) in [5, 5.41) is 11.3. The van der Waals surface area contributed by atoms with E-state index in [1.165, 1.54) is 16.3 Å². The Hall–Kier alpha value is -2.26. The molecule has 0 fully saturated rings. The van der Waals surface area contributed by atoms with Crippen LogP contribution in [0.1, 0.15) is 0 Å². The lowest BCUT2D eigenvalue weighted by molar-refractivity contribution is 0.454. The fourth-order valence-electron chi connectivity index (χ4n) is 2.31. The second kappa shape index (κ2) is 5.16. The van der Waals surface area contributed by atoms with Crippen LogP contribution in [0.3, 0.4) is 0 Å². The average Bonchev–Trinajstić information content (AvgIpc) is 2.47. The molecule has 3 aromatic rings. The van der Waals surface area contributed by atoms with Gasteiger partial charge in [-0.1, -0.05) is 54.6 Å². The molecule has 0 aromatic heterocycles. The minimum absolute atomic E-state index is 0.307. The number of hydrogen-bond donors (Lipinski definition) is 1. The van der Waals surface area contributed by atoms with Gasteiger partial charge in [-0.05, 0) is 34.0 Å². The molecular weight excluding hydrogens is 235 g/mol. The molecule has 0 saturated heterocycles. The van der Waals surface area contributed by atoms with Gasteiger partial charge in [0.15, 0.2) is 0 Å². The van der Waals surface area contributed by atoms with Gasteiger partial charge in [-0.3, -0.25) is 0 Å². The number of rotatable bonds is 3. The zero-order chi connectivity index (χ0) is 13.1. The van der Waals surface area contributed by atoms with Crippen molar-refractivity contribution >= 4 is 18.5 Å². The Morgan fingerprint density at radius 3 is 2.53 bits per heavy atom. The summed E-state index contributed by atoms with van der Waals surface area (Å²) in [6.45, 7) is 0. The lowest BCUT2D eigenvalue weighted by atomic mass is 9.98. The Morgan fingerprint density at radius 1 is 0.842 bits per heavy atom. The molecule has 3 rings (SSSR count). The van der Waals surface area contributed by atoms with Gasteiger partial charge in [0.25, 0.3) is 0 Å². The normalized spacial score (nSPS) is 10.4. The zero-order valence-electron chi connectivity index (χ0n) is 10.4. The number of benzene rings is 3. The monoisotopic (exact) mass is 248 g/mol. The first-order chi connectivity index (χ1) is 9.38. The van der Waals surface area contributed by atoms with E-state index in [2.05, 4.69) is 30.3 Å². The highest BCUT2D eigenvalue weighted by atomic mass is 16.5. The largest absolute Gasteiger partial charge is 0.539 e. The highest BCUT2D eigenvalue weighted by molar-refractivity contribution is 6.17. The highest BCUT2D eigenvalue weighted by Crippen LogP contribution is 2.30. The summed E-state index contributed by atoms with van der Waals surface area (Å²) < 4.78 is 5.14. The van der Waals surface area contributed by atoms with E-state index in [0.29, 0.717) is 5.75 Å². The molecule has 0 aliphatic heterocycles. The molecule has 0 aliphatic carbocycles. The van der Waals surface area contributed by atoms with Crippen molar-refractivity contribution in [1.82, 2.24) is 0 Å². The third-order valence-corrected chi connectivity index (χ3v) is 3.17. The van der Waals surface area contributed by atoms with E-state index >= 15 is 0 Å². The third-order valence-electron chi connectivity index (χ3n) is 3.17. The molecule has 3 aromatic carbocycles. The predicted octanol–water partition coefficient (Wildman–Crippen LogP) is 3.14. The van der Waals surface area contributed by atoms with E-state index in [1.54, 1.807) is 0 Å². The van der Waals surface area contributed by atoms with Gasteiger partial charge in [0, 0.05) is 0 Å². The summed E-state index contributed by atoms with van der Waals surface area (Å²) in [5.41, 5.74) is 2.25. The van der Waals surface area contributed by atoms with Crippen LogP contribution in [0.25, 0.3) is 21.9 Å². The molecule has 0 amide bonds. The third kappa shape index (κ3) is 2.33. The summed E-state index contributed by atoms with van der Waals surface area (Å²) in [6.07, 6.45) is 0. The Bertz CT molecular complexity index is 704. The Kier molecular flexibility index (Phi) is 3.21. The van der Waals surface area contributed by atoms with Crippen LogP contribution in [0.2, 0.25) is 0 Å². The van der Waals surface area contributed by atoms with Gasteiger partial charge >= 0.3 is 7.69 Å². The van der Waals surface area contributed by atoms with Gasteiger partial charge in [-0.2, -0.15) is 0 Å². The van der Waals surface area contributed by atoms with E-state index in [9.17, 15) is 0 Å². The van der Waals surface area contributed by atoms with Gasteiger partial charge in [-0.15, -0.1) is 0 Å². The van der Waals surface area contributed by atoms with E-state index in [0.717, 1.165) is 5.56 Å².